The molecule has 0 radical (unpaired) electrons. The third-order valence-electron chi connectivity index (χ3n) is 3.23. The molecule has 1 fully saturated rings. The molecule has 0 atom stereocenters. The summed E-state index contributed by atoms with van der Waals surface area (Å²) >= 11 is 0. The summed E-state index contributed by atoms with van der Waals surface area (Å²) in [6.07, 6.45) is 4.98. The van der Waals surface area contributed by atoms with Crippen molar-refractivity contribution in [3.8, 4) is 0 Å². The van der Waals surface area contributed by atoms with Crippen LogP contribution in [-0.4, -0.2) is 55.5 Å². The van der Waals surface area contributed by atoms with Crippen molar-refractivity contribution in [1.29, 1.82) is 0 Å². The van der Waals surface area contributed by atoms with Gasteiger partial charge in [0.05, 0.1) is 5.60 Å². The van der Waals surface area contributed by atoms with E-state index in [4.69, 9.17) is 10.5 Å². The molecule has 4 nitrogen and oxygen atoms in total. The van der Waals surface area contributed by atoms with Crippen LogP contribution >= 0.6 is 0 Å². The first-order valence-corrected chi connectivity index (χ1v) is 6.35. The van der Waals surface area contributed by atoms with Gasteiger partial charge >= 0.3 is 0 Å². The predicted molar refractivity (Wildman–Crippen MR) is 65.4 cm³/mol. The zero-order valence-electron chi connectivity index (χ0n) is 10.5. The summed E-state index contributed by atoms with van der Waals surface area (Å²) < 4.78 is 5.27. The van der Waals surface area contributed by atoms with Gasteiger partial charge in [-0.05, 0) is 33.0 Å². The number of aliphatic hydroxyl groups is 1. The van der Waals surface area contributed by atoms with Gasteiger partial charge in [-0.1, -0.05) is 6.42 Å². The van der Waals surface area contributed by atoms with Crippen LogP contribution < -0.4 is 5.73 Å². The molecule has 1 saturated heterocycles. The molecule has 1 aliphatic heterocycles. The Balaban J connectivity index is 2.14. The van der Waals surface area contributed by atoms with Crippen LogP contribution in [0.15, 0.2) is 0 Å². The second kappa shape index (κ2) is 7.22. The van der Waals surface area contributed by atoms with Gasteiger partial charge in [-0.25, -0.2) is 0 Å². The van der Waals surface area contributed by atoms with Gasteiger partial charge in [0.1, 0.15) is 0 Å². The first-order chi connectivity index (χ1) is 7.66. The number of hydrogen-bond acceptors (Lipinski definition) is 4. The fraction of sp³-hybridized carbons (Fsp3) is 1.00. The molecule has 16 heavy (non-hydrogen) atoms. The van der Waals surface area contributed by atoms with E-state index in [2.05, 4.69) is 11.9 Å². The summed E-state index contributed by atoms with van der Waals surface area (Å²) in [6, 6.07) is 0. The molecule has 0 unspecified atom stereocenters. The number of likely N-dealkylation sites (N-methyl/N-ethyl adjacent to an activating group) is 1. The monoisotopic (exact) mass is 230 g/mol. The second-order valence-corrected chi connectivity index (χ2v) is 4.92. The van der Waals surface area contributed by atoms with Crippen molar-refractivity contribution in [3.05, 3.63) is 0 Å². The van der Waals surface area contributed by atoms with Gasteiger partial charge in [0.2, 0.25) is 0 Å². The molecule has 0 aliphatic carbocycles. The van der Waals surface area contributed by atoms with E-state index in [-0.39, 0.29) is 0 Å². The van der Waals surface area contributed by atoms with Crippen molar-refractivity contribution in [3.63, 3.8) is 0 Å². The number of nitrogens with zero attached hydrogens (tertiary/aromatic N) is 1. The molecule has 96 valence electrons. The SMILES string of the molecule is CN(CCCCCN)CC1(O)CCOCC1. The van der Waals surface area contributed by atoms with E-state index in [0.717, 1.165) is 38.9 Å². The summed E-state index contributed by atoms with van der Waals surface area (Å²) in [5, 5.41) is 10.3. The molecule has 1 heterocycles. The standard InChI is InChI=1S/C12H26N2O2/c1-14(8-4-2-3-7-13)11-12(15)5-9-16-10-6-12/h15H,2-11,13H2,1H3. The van der Waals surface area contributed by atoms with Gasteiger partial charge in [-0.3, -0.25) is 0 Å². The average Bonchev–Trinajstić information content (AvgIpc) is 2.25. The Bertz CT molecular complexity index is 182. The van der Waals surface area contributed by atoms with Crippen molar-refractivity contribution in [1.82, 2.24) is 4.90 Å². The van der Waals surface area contributed by atoms with E-state index in [9.17, 15) is 5.11 Å². The predicted octanol–water partition coefficient (Wildman–Crippen LogP) is 0.589. The maximum absolute atomic E-state index is 10.3. The summed E-state index contributed by atoms with van der Waals surface area (Å²) in [6.45, 7) is 3.97. The van der Waals surface area contributed by atoms with Crippen LogP contribution in [0.1, 0.15) is 32.1 Å². The van der Waals surface area contributed by atoms with Crippen molar-refractivity contribution in [2.75, 3.05) is 39.9 Å². The fourth-order valence-electron chi connectivity index (χ4n) is 2.19. The second-order valence-electron chi connectivity index (χ2n) is 4.92. The summed E-state index contributed by atoms with van der Waals surface area (Å²) in [5.74, 6) is 0. The van der Waals surface area contributed by atoms with Crippen LogP contribution in [0.25, 0.3) is 0 Å². The quantitative estimate of drug-likeness (QED) is 0.628. The topological polar surface area (TPSA) is 58.7 Å². The summed E-state index contributed by atoms with van der Waals surface area (Å²) in [5.41, 5.74) is 4.92. The third kappa shape index (κ3) is 5.25. The maximum Gasteiger partial charge on any atom is 0.0817 e. The summed E-state index contributed by atoms with van der Waals surface area (Å²) in [7, 11) is 2.08. The highest BCUT2D eigenvalue weighted by atomic mass is 16.5. The molecule has 0 amide bonds. The lowest BCUT2D eigenvalue weighted by molar-refractivity contribution is -0.0769. The van der Waals surface area contributed by atoms with E-state index in [0.29, 0.717) is 13.2 Å². The first kappa shape index (κ1) is 13.9. The van der Waals surface area contributed by atoms with Gasteiger partial charge in [0, 0.05) is 32.6 Å². The molecule has 0 aromatic carbocycles. The van der Waals surface area contributed by atoms with Crippen LogP contribution in [0.2, 0.25) is 0 Å². The van der Waals surface area contributed by atoms with Crippen LogP contribution in [0.5, 0.6) is 0 Å². The number of hydrogen-bond donors (Lipinski definition) is 2. The Morgan fingerprint density at radius 1 is 1.25 bits per heavy atom. The van der Waals surface area contributed by atoms with Gasteiger partial charge in [-0.15, -0.1) is 0 Å². The molecule has 1 aliphatic rings. The molecular weight excluding hydrogens is 204 g/mol. The van der Waals surface area contributed by atoms with E-state index in [1.165, 1.54) is 12.8 Å². The lowest BCUT2D eigenvalue weighted by Crippen LogP contribution is -2.45. The Hall–Kier alpha value is -0.160. The number of nitrogens with two attached hydrogens (primary N) is 1. The lowest BCUT2D eigenvalue weighted by Gasteiger charge is -2.35. The van der Waals surface area contributed by atoms with Crippen LogP contribution in [-0.2, 0) is 4.74 Å². The minimum Gasteiger partial charge on any atom is -0.388 e. The molecule has 0 aromatic heterocycles. The van der Waals surface area contributed by atoms with E-state index < -0.39 is 5.60 Å². The Labute approximate surface area is 98.8 Å². The number of unbranched alkanes of at least 4 members (excludes halogenated alkanes) is 2. The van der Waals surface area contributed by atoms with Gasteiger partial charge < -0.3 is 20.5 Å². The Morgan fingerprint density at radius 3 is 2.56 bits per heavy atom. The molecule has 0 spiro atoms. The molecular formula is C12H26N2O2. The van der Waals surface area contributed by atoms with E-state index in [1.54, 1.807) is 0 Å². The van der Waals surface area contributed by atoms with Crippen molar-refractivity contribution in [2.45, 2.75) is 37.7 Å². The van der Waals surface area contributed by atoms with Crippen LogP contribution in [0.4, 0.5) is 0 Å². The third-order valence-corrected chi connectivity index (χ3v) is 3.23. The van der Waals surface area contributed by atoms with Gasteiger partial charge in [0.15, 0.2) is 0 Å². The fourth-order valence-corrected chi connectivity index (χ4v) is 2.19. The minimum atomic E-state index is -0.527. The Kier molecular flexibility index (Phi) is 6.28. The molecule has 4 heteroatoms. The van der Waals surface area contributed by atoms with Gasteiger partial charge in [-0.2, -0.15) is 0 Å². The molecule has 0 saturated carbocycles. The molecule has 1 rings (SSSR count). The highest BCUT2D eigenvalue weighted by Gasteiger charge is 2.30. The van der Waals surface area contributed by atoms with Crippen molar-refractivity contribution >= 4 is 0 Å². The van der Waals surface area contributed by atoms with E-state index in [1.807, 2.05) is 0 Å². The Morgan fingerprint density at radius 2 is 1.94 bits per heavy atom. The van der Waals surface area contributed by atoms with Crippen molar-refractivity contribution in [2.24, 2.45) is 5.73 Å². The largest absolute Gasteiger partial charge is 0.388 e. The number of ether oxygens (including phenoxy) is 1. The zero-order chi connectivity index (χ0) is 11.9. The summed E-state index contributed by atoms with van der Waals surface area (Å²) in [4.78, 5) is 2.22. The first-order valence-electron chi connectivity index (χ1n) is 6.35. The molecule has 0 bridgehead atoms. The van der Waals surface area contributed by atoms with Crippen molar-refractivity contribution < 1.29 is 9.84 Å². The normalized spacial score (nSPS) is 20.2. The highest BCUT2D eigenvalue weighted by molar-refractivity contribution is 4.83. The van der Waals surface area contributed by atoms with Crippen LogP contribution in [0.3, 0.4) is 0 Å². The minimum absolute atomic E-state index is 0.527. The van der Waals surface area contributed by atoms with E-state index >= 15 is 0 Å². The number of rotatable bonds is 7. The zero-order valence-corrected chi connectivity index (χ0v) is 10.5. The highest BCUT2D eigenvalue weighted by Crippen LogP contribution is 2.21. The average molecular weight is 230 g/mol. The molecule has 3 N–H and O–H groups in total. The van der Waals surface area contributed by atoms with Crippen LogP contribution in [0, 0.1) is 0 Å². The smallest absolute Gasteiger partial charge is 0.0817 e. The molecule has 0 aromatic rings. The lowest BCUT2D eigenvalue weighted by atomic mass is 9.94. The maximum atomic E-state index is 10.3. The van der Waals surface area contributed by atoms with Gasteiger partial charge in [0.25, 0.3) is 0 Å².